The van der Waals surface area contributed by atoms with Crippen LogP contribution in [0.4, 0.5) is 13.2 Å². The van der Waals surface area contributed by atoms with E-state index in [1.54, 1.807) is 24.3 Å². The Labute approximate surface area is 157 Å². The first-order chi connectivity index (χ1) is 12.8. The fourth-order valence-electron chi connectivity index (χ4n) is 2.10. The van der Waals surface area contributed by atoms with Crippen LogP contribution in [-0.4, -0.2) is 42.2 Å². The van der Waals surface area contributed by atoms with Crippen LogP contribution in [0.3, 0.4) is 0 Å². The van der Waals surface area contributed by atoms with Crippen LogP contribution in [0.5, 0.6) is 5.75 Å². The molecule has 1 N–H and O–H groups in total. The molecule has 0 aliphatic carbocycles. The van der Waals surface area contributed by atoms with Crippen molar-refractivity contribution in [1.29, 1.82) is 5.26 Å². The van der Waals surface area contributed by atoms with Crippen molar-refractivity contribution in [2.75, 3.05) is 26.1 Å². The van der Waals surface area contributed by atoms with Crippen molar-refractivity contribution in [2.45, 2.75) is 17.8 Å². The number of halogens is 3. The Morgan fingerprint density at radius 1 is 1.30 bits per heavy atom. The number of rotatable bonds is 8. The largest absolute Gasteiger partial charge is 0.497 e. The fraction of sp³-hybridized carbons (Fsp3) is 0.353. The normalized spacial score (nSPS) is 11.2. The zero-order valence-electron chi connectivity index (χ0n) is 14.3. The molecule has 10 heteroatoms. The standard InChI is InChI=1S/C17H16F3N3O3S/c1-25-12-5-3-11(4-6-12)14-13(9-21)15(24)23-16(22-14)27-8-2-7-26-10-17(18,19)20/h3-6H,2,7-8,10H2,1H3,(H,22,23,24). The number of alkyl halides is 3. The number of nitrogens with one attached hydrogen (secondary N) is 1. The van der Waals surface area contributed by atoms with Gasteiger partial charge in [-0.15, -0.1) is 0 Å². The monoisotopic (exact) mass is 399 g/mol. The highest BCUT2D eigenvalue weighted by molar-refractivity contribution is 7.99. The van der Waals surface area contributed by atoms with Crippen LogP contribution in [0.15, 0.2) is 34.2 Å². The molecule has 0 fully saturated rings. The van der Waals surface area contributed by atoms with E-state index in [4.69, 9.17) is 4.74 Å². The molecule has 0 bridgehead atoms. The number of aromatic amines is 1. The zero-order valence-corrected chi connectivity index (χ0v) is 15.1. The van der Waals surface area contributed by atoms with Gasteiger partial charge in [0.2, 0.25) is 0 Å². The van der Waals surface area contributed by atoms with Crippen LogP contribution in [0.1, 0.15) is 12.0 Å². The lowest BCUT2D eigenvalue weighted by Crippen LogP contribution is -2.17. The molecule has 0 unspecified atom stereocenters. The molecular weight excluding hydrogens is 383 g/mol. The van der Waals surface area contributed by atoms with Crippen molar-refractivity contribution in [2.24, 2.45) is 0 Å². The van der Waals surface area contributed by atoms with Crippen molar-refractivity contribution in [1.82, 2.24) is 9.97 Å². The summed E-state index contributed by atoms with van der Waals surface area (Å²) < 4.78 is 45.6. The number of ether oxygens (including phenoxy) is 2. The fourth-order valence-corrected chi connectivity index (χ4v) is 2.88. The van der Waals surface area contributed by atoms with Gasteiger partial charge in [-0.05, 0) is 30.7 Å². The van der Waals surface area contributed by atoms with Crippen LogP contribution < -0.4 is 10.3 Å². The van der Waals surface area contributed by atoms with E-state index in [2.05, 4.69) is 14.7 Å². The van der Waals surface area contributed by atoms with Crippen LogP contribution in [0.2, 0.25) is 0 Å². The average Bonchev–Trinajstić information content (AvgIpc) is 2.63. The molecular formula is C17H16F3N3O3S. The number of benzene rings is 1. The molecule has 0 aliphatic rings. The van der Waals surface area contributed by atoms with Crippen molar-refractivity contribution in [3.05, 3.63) is 40.2 Å². The quantitative estimate of drug-likeness (QED) is 0.416. The summed E-state index contributed by atoms with van der Waals surface area (Å²) in [6, 6.07) is 8.58. The van der Waals surface area contributed by atoms with Crippen LogP contribution >= 0.6 is 11.8 Å². The summed E-state index contributed by atoms with van der Waals surface area (Å²) in [5.41, 5.74) is 0.126. The second-order valence-corrected chi connectivity index (χ2v) is 6.39. The molecule has 144 valence electrons. The second-order valence-electron chi connectivity index (χ2n) is 5.30. The first kappa shape index (κ1) is 20.8. The van der Waals surface area contributed by atoms with Gasteiger partial charge in [-0.25, -0.2) is 4.98 Å². The summed E-state index contributed by atoms with van der Waals surface area (Å²) in [5.74, 6) is 1.02. The maximum absolute atomic E-state index is 12.1. The number of nitriles is 1. The lowest BCUT2D eigenvalue weighted by Gasteiger charge is -2.08. The van der Waals surface area contributed by atoms with Gasteiger partial charge in [-0.3, -0.25) is 4.79 Å². The Morgan fingerprint density at radius 2 is 2.00 bits per heavy atom. The van der Waals surface area contributed by atoms with Crippen molar-refractivity contribution in [3.8, 4) is 23.1 Å². The summed E-state index contributed by atoms with van der Waals surface area (Å²) in [6.45, 7) is -1.34. The third kappa shape index (κ3) is 6.30. The van der Waals surface area contributed by atoms with Crippen LogP contribution in [-0.2, 0) is 4.74 Å². The number of hydrogen-bond acceptors (Lipinski definition) is 6. The molecule has 0 amide bonds. The summed E-state index contributed by atoms with van der Waals surface area (Å²) >= 11 is 1.17. The Kier molecular flexibility index (Phi) is 7.27. The average molecular weight is 399 g/mol. The maximum Gasteiger partial charge on any atom is 0.411 e. The van der Waals surface area contributed by atoms with Gasteiger partial charge in [0.25, 0.3) is 5.56 Å². The van der Waals surface area contributed by atoms with E-state index in [9.17, 15) is 23.2 Å². The summed E-state index contributed by atoms with van der Waals surface area (Å²) in [6.07, 6.45) is -4.00. The smallest absolute Gasteiger partial charge is 0.411 e. The van der Waals surface area contributed by atoms with Gasteiger partial charge in [0.15, 0.2) is 5.16 Å². The predicted octanol–water partition coefficient (Wildman–Crippen LogP) is 3.38. The van der Waals surface area contributed by atoms with E-state index in [0.717, 1.165) is 0 Å². The molecule has 0 radical (unpaired) electrons. The summed E-state index contributed by atoms with van der Waals surface area (Å²) in [7, 11) is 1.52. The molecule has 2 rings (SSSR count). The number of hydrogen-bond donors (Lipinski definition) is 1. The molecule has 6 nitrogen and oxygen atoms in total. The molecule has 1 aromatic carbocycles. The zero-order chi connectivity index (χ0) is 19.9. The van der Waals surface area contributed by atoms with Crippen LogP contribution in [0, 0.1) is 11.3 Å². The minimum atomic E-state index is -4.35. The first-order valence-corrected chi connectivity index (χ1v) is 8.78. The number of nitrogens with zero attached hydrogens (tertiary/aromatic N) is 2. The third-order valence-corrected chi connectivity index (χ3v) is 4.27. The number of thioether (sulfide) groups is 1. The summed E-state index contributed by atoms with van der Waals surface area (Å²) in [4.78, 5) is 18.9. The molecule has 0 aliphatic heterocycles. The van der Waals surface area contributed by atoms with Gasteiger partial charge in [0.05, 0.1) is 12.8 Å². The van der Waals surface area contributed by atoms with E-state index in [1.165, 1.54) is 18.9 Å². The predicted molar refractivity (Wildman–Crippen MR) is 93.8 cm³/mol. The Balaban J connectivity index is 2.07. The molecule has 1 heterocycles. The van der Waals surface area contributed by atoms with Crippen molar-refractivity contribution < 1.29 is 22.6 Å². The van der Waals surface area contributed by atoms with E-state index in [0.29, 0.717) is 23.5 Å². The first-order valence-electron chi connectivity index (χ1n) is 7.80. The minimum absolute atomic E-state index is 0.0572. The van der Waals surface area contributed by atoms with Gasteiger partial charge >= 0.3 is 6.18 Å². The number of aromatic nitrogens is 2. The van der Waals surface area contributed by atoms with Gasteiger partial charge in [0, 0.05) is 17.9 Å². The Morgan fingerprint density at radius 3 is 2.59 bits per heavy atom. The lowest BCUT2D eigenvalue weighted by molar-refractivity contribution is -0.173. The third-order valence-electron chi connectivity index (χ3n) is 3.31. The van der Waals surface area contributed by atoms with E-state index >= 15 is 0 Å². The SMILES string of the molecule is COc1ccc(-c2nc(SCCCOCC(F)(F)F)[nH]c(=O)c2C#N)cc1. The Hall–Kier alpha value is -2.51. The molecule has 0 spiro atoms. The van der Waals surface area contributed by atoms with E-state index < -0.39 is 18.3 Å². The highest BCUT2D eigenvalue weighted by Gasteiger charge is 2.27. The van der Waals surface area contributed by atoms with E-state index in [-0.39, 0.29) is 23.0 Å². The number of methoxy groups -OCH3 is 1. The summed E-state index contributed by atoms with van der Waals surface area (Å²) in [5, 5.41) is 9.52. The van der Waals surface area contributed by atoms with Crippen LogP contribution in [0.25, 0.3) is 11.3 Å². The van der Waals surface area contributed by atoms with Crippen molar-refractivity contribution in [3.63, 3.8) is 0 Å². The van der Waals surface area contributed by atoms with Gasteiger partial charge in [0.1, 0.15) is 24.0 Å². The van der Waals surface area contributed by atoms with E-state index in [1.807, 2.05) is 6.07 Å². The lowest BCUT2D eigenvalue weighted by atomic mass is 10.1. The molecule has 0 atom stereocenters. The topological polar surface area (TPSA) is 88.0 Å². The Bertz CT molecular complexity index is 861. The highest BCUT2D eigenvalue weighted by Crippen LogP contribution is 2.24. The molecule has 2 aromatic rings. The molecule has 0 saturated carbocycles. The second kappa shape index (κ2) is 9.43. The van der Waals surface area contributed by atoms with Crippen molar-refractivity contribution >= 4 is 11.8 Å². The van der Waals surface area contributed by atoms with Gasteiger partial charge in [-0.2, -0.15) is 18.4 Å². The maximum atomic E-state index is 12.1. The minimum Gasteiger partial charge on any atom is -0.497 e. The molecule has 27 heavy (non-hydrogen) atoms. The number of H-pyrrole nitrogens is 1. The molecule has 1 aromatic heterocycles. The van der Waals surface area contributed by atoms with Gasteiger partial charge < -0.3 is 14.5 Å². The van der Waals surface area contributed by atoms with Gasteiger partial charge in [-0.1, -0.05) is 11.8 Å². The molecule has 0 saturated heterocycles. The highest BCUT2D eigenvalue weighted by atomic mass is 32.2.